The van der Waals surface area contributed by atoms with Gasteiger partial charge in [-0.15, -0.1) is 0 Å². The van der Waals surface area contributed by atoms with Crippen LogP contribution >= 0.6 is 0 Å². The Morgan fingerprint density at radius 3 is 2.55 bits per heavy atom. The quantitative estimate of drug-likeness (QED) is 0.895. The van der Waals surface area contributed by atoms with E-state index in [0.717, 1.165) is 6.07 Å². The summed E-state index contributed by atoms with van der Waals surface area (Å²) in [5, 5.41) is 7.42. The number of halogens is 1. The number of benzene rings is 2. The van der Waals surface area contributed by atoms with E-state index in [1.54, 1.807) is 0 Å². The van der Waals surface area contributed by atoms with E-state index in [0.29, 0.717) is 0 Å². The zero-order valence-electron chi connectivity index (χ0n) is 11.5. The Morgan fingerprint density at radius 2 is 1.95 bits per heavy atom. The predicted molar refractivity (Wildman–Crippen MR) is 78.7 cm³/mol. The molecule has 116 valence electrons. The Morgan fingerprint density at radius 1 is 1.23 bits per heavy atom. The van der Waals surface area contributed by atoms with Crippen LogP contribution in [0.2, 0.25) is 0 Å². The number of anilines is 1. The lowest BCUT2D eigenvalue weighted by atomic mass is 10.2. The molecule has 0 saturated heterocycles. The normalized spacial score (nSPS) is 11.0. The highest BCUT2D eigenvalue weighted by molar-refractivity contribution is 7.89. The van der Waals surface area contributed by atoms with Crippen molar-refractivity contribution in [3.05, 3.63) is 53.8 Å². The summed E-state index contributed by atoms with van der Waals surface area (Å²) in [6, 6.07) is 9.16. The lowest BCUT2D eigenvalue weighted by Gasteiger charge is -2.08. The number of amides is 1. The number of hydrogen-bond donors (Lipinski definition) is 2. The van der Waals surface area contributed by atoms with Gasteiger partial charge in [0.25, 0.3) is 5.91 Å². The van der Waals surface area contributed by atoms with Crippen molar-refractivity contribution in [1.82, 2.24) is 0 Å². The van der Waals surface area contributed by atoms with Gasteiger partial charge in [0.2, 0.25) is 10.0 Å². The molecular formula is C14H13FN2O4S. The summed E-state index contributed by atoms with van der Waals surface area (Å²) in [6.07, 6.45) is 0. The van der Waals surface area contributed by atoms with E-state index in [2.05, 4.69) is 5.32 Å². The van der Waals surface area contributed by atoms with Gasteiger partial charge in [0.15, 0.2) is 0 Å². The van der Waals surface area contributed by atoms with E-state index >= 15 is 0 Å². The highest BCUT2D eigenvalue weighted by Crippen LogP contribution is 2.19. The molecule has 0 bridgehead atoms. The zero-order valence-corrected chi connectivity index (χ0v) is 12.4. The molecule has 0 unspecified atom stereocenters. The molecule has 0 aromatic heterocycles. The maximum Gasteiger partial charge on any atom is 0.258 e. The summed E-state index contributed by atoms with van der Waals surface area (Å²) >= 11 is 0. The molecule has 0 radical (unpaired) electrons. The molecule has 0 spiro atoms. The Hall–Kier alpha value is -2.45. The Balaban J connectivity index is 2.26. The summed E-state index contributed by atoms with van der Waals surface area (Å²) in [5.74, 6) is -1.18. The number of nitrogens with one attached hydrogen (secondary N) is 1. The highest BCUT2D eigenvalue weighted by Gasteiger charge is 2.14. The van der Waals surface area contributed by atoms with Crippen LogP contribution < -0.4 is 15.2 Å². The van der Waals surface area contributed by atoms with Gasteiger partial charge in [0, 0.05) is 11.8 Å². The van der Waals surface area contributed by atoms with Crippen LogP contribution in [-0.2, 0) is 10.0 Å². The SMILES string of the molecule is COc1ccc(C(=O)Nc2cccc(S(N)(=O)=O)c2)c(F)c1. The summed E-state index contributed by atoms with van der Waals surface area (Å²) < 4.78 is 41.2. The maximum atomic E-state index is 13.8. The monoisotopic (exact) mass is 324 g/mol. The Kier molecular flexibility index (Phi) is 4.43. The fraction of sp³-hybridized carbons (Fsp3) is 0.0714. The van der Waals surface area contributed by atoms with Crippen LogP contribution in [0.15, 0.2) is 47.4 Å². The maximum absolute atomic E-state index is 13.8. The van der Waals surface area contributed by atoms with Gasteiger partial charge < -0.3 is 10.1 Å². The minimum absolute atomic E-state index is 0.152. The highest BCUT2D eigenvalue weighted by atomic mass is 32.2. The number of ether oxygens (including phenoxy) is 1. The third-order valence-electron chi connectivity index (χ3n) is 2.84. The van der Waals surface area contributed by atoms with Gasteiger partial charge in [-0.2, -0.15) is 0 Å². The van der Waals surface area contributed by atoms with Crippen LogP contribution in [0.3, 0.4) is 0 Å². The smallest absolute Gasteiger partial charge is 0.258 e. The second-order valence-electron chi connectivity index (χ2n) is 4.37. The minimum Gasteiger partial charge on any atom is -0.497 e. The molecule has 8 heteroatoms. The van der Waals surface area contributed by atoms with Gasteiger partial charge in [-0.1, -0.05) is 6.07 Å². The molecule has 0 fully saturated rings. The number of carbonyl (C=O) groups is 1. The van der Waals surface area contributed by atoms with Crippen molar-refractivity contribution >= 4 is 21.6 Å². The van der Waals surface area contributed by atoms with Gasteiger partial charge in [0.05, 0.1) is 17.6 Å². The topological polar surface area (TPSA) is 98.5 Å². The molecule has 0 saturated carbocycles. The lowest BCUT2D eigenvalue weighted by Crippen LogP contribution is -2.15. The molecular weight excluding hydrogens is 311 g/mol. The minimum atomic E-state index is -3.88. The average Bonchev–Trinajstić information content (AvgIpc) is 2.46. The Bertz CT molecular complexity index is 821. The predicted octanol–water partition coefficient (Wildman–Crippen LogP) is 1.73. The van der Waals surface area contributed by atoms with Gasteiger partial charge in [0.1, 0.15) is 11.6 Å². The summed E-state index contributed by atoms with van der Waals surface area (Å²) in [7, 11) is -2.50. The fourth-order valence-electron chi connectivity index (χ4n) is 1.76. The van der Waals surface area contributed by atoms with Crippen LogP contribution in [0, 0.1) is 5.82 Å². The molecule has 0 aliphatic carbocycles. The van der Waals surface area contributed by atoms with Crippen molar-refractivity contribution < 1.29 is 22.3 Å². The number of methoxy groups -OCH3 is 1. The molecule has 0 aliphatic heterocycles. The van der Waals surface area contributed by atoms with E-state index in [1.165, 1.54) is 43.5 Å². The molecule has 0 aliphatic rings. The van der Waals surface area contributed by atoms with E-state index in [4.69, 9.17) is 9.88 Å². The second kappa shape index (κ2) is 6.12. The summed E-state index contributed by atoms with van der Waals surface area (Å²) in [5.41, 5.74) is -0.00597. The van der Waals surface area contributed by atoms with Crippen molar-refractivity contribution in [1.29, 1.82) is 0 Å². The Labute approximate surface area is 126 Å². The number of sulfonamides is 1. The molecule has 2 rings (SSSR count). The number of nitrogens with two attached hydrogens (primary N) is 1. The summed E-state index contributed by atoms with van der Waals surface area (Å²) in [6.45, 7) is 0. The fourth-order valence-corrected chi connectivity index (χ4v) is 2.32. The third kappa shape index (κ3) is 3.60. The van der Waals surface area contributed by atoms with E-state index < -0.39 is 21.7 Å². The third-order valence-corrected chi connectivity index (χ3v) is 3.75. The van der Waals surface area contributed by atoms with Crippen molar-refractivity contribution in [2.24, 2.45) is 5.14 Å². The standard InChI is InChI=1S/C14H13FN2O4S/c1-21-10-5-6-12(13(15)8-10)14(18)17-9-3-2-4-11(7-9)22(16,19)20/h2-8H,1H3,(H,17,18)(H2,16,19,20). The van der Waals surface area contributed by atoms with Gasteiger partial charge in [-0.3, -0.25) is 4.79 Å². The van der Waals surface area contributed by atoms with Crippen LogP contribution in [0.5, 0.6) is 5.75 Å². The van der Waals surface area contributed by atoms with Crippen LogP contribution in [-0.4, -0.2) is 21.4 Å². The van der Waals surface area contributed by atoms with Crippen LogP contribution in [0.25, 0.3) is 0 Å². The van der Waals surface area contributed by atoms with E-state index in [9.17, 15) is 17.6 Å². The van der Waals surface area contributed by atoms with Gasteiger partial charge >= 0.3 is 0 Å². The molecule has 3 N–H and O–H groups in total. The molecule has 0 atom stereocenters. The van der Waals surface area contributed by atoms with Crippen molar-refractivity contribution in [3.63, 3.8) is 0 Å². The first kappa shape index (κ1) is 15.9. The molecule has 6 nitrogen and oxygen atoms in total. The number of hydrogen-bond acceptors (Lipinski definition) is 4. The van der Waals surface area contributed by atoms with Crippen molar-refractivity contribution in [2.45, 2.75) is 4.90 Å². The average molecular weight is 324 g/mol. The van der Waals surface area contributed by atoms with Gasteiger partial charge in [-0.05, 0) is 30.3 Å². The van der Waals surface area contributed by atoms with E-state index in [-0.39, 0.29) is 21.9 Å². The van der Waals surface area contributed by atoms with Crippen molar-refractivity contribution in [2.75, 3.05) is 12.4 Å². The van der Waals surface area contributed by atoms with E-state index in [1.807, 2.05) is 0 Å². The molecule has 0 heterocycles. The second-order valence-corrected chi connectivity index (χ2v) is 5.93. The number of primary sulfonamides is 1. The van der Waals surface area contributed by atoms with Crippen LogP contribution in [0.1, 0.15) is 10.4 Å². The molecule has 2 aromatic rings. The molecule has 1 amide bonds. The lowest BCUT2D eigenvalue weighted by molar-refractivity contribution is 0.102. The van der Waals surface area contributed by atoms with Gasteiger partial charge in [-0.25, -0.2) is 17.9 Å². The first-order chi connectivity index (χ1) is 10.3. The van der Waals surface area contributed by atoms with Crippen molar-refractivity contribution in [3.8, 4) is 5.75 Å². The number of carbonyl (C=O) groups excluding carboxylic acids is 1. The first-order valence-electron chi connectivity index (χ1n) is 6.09. The number of rotatable bonds is 4. The zero-order chi connectivity index (χ0) is 16.3. The first-order valence-corrected chi connectivity index (χ1v) is 7.63. The molecule has 22 heavy (non-hydrogen) atoms. The largest absolute Gasteiger partial charge is 0.497 e. The molecule has 2 aromatic carbocycles. The van der Waals surface area contributed by atoms with Crippen LogP contribution in [0.4, 0.5) is 10.1 Å². The summed E-state index contributed by atoms with van der Waals surface area (Å²) in [4.78, 5) is 11.9.